The molecule has 0 aliphatic rings. The molecule has 0 aliphatic heterocycles. The topological polar surface area (TPSA) is 253 Å². The van der Waals surface area contributed by atoms with Gasteiger partial charge in [0.25, 0.3) is 0 Å². The van der Waals surface area contributed by atoms with Gasteiger partial charge in [-0.05, 0) is 57.9 Å². The van der Waals surface area contributed by atoms with Crippen molar-refractivity contribution < 1.29 is 57.4 Å². The number of esters is 2. The van der Waals surface area contributed by atoms with E-state index in [1.54, 1.807) is 0 Å². The summed E-state index contributed by atoms with van der Waals surface area (Å²) in [6.07, 6.45) is 32.7. The monoisotopic (exact) mass is 1050 g/mol. The van der Waals surface area contributed by atoms with Gasteiger partial charge in [-0.1, -0.05) is 188 Å². The van der Waals surface area contributed by atoms with Gasteiger partial charge in [0.1, 0.15) is 12.1 Å². The van der Waals surface area contributed by atoms with Crippen LogP contribution in [-0.2, 0) is 42.5 Å². The molecular formula is C55H107N4O12P. The number of hydrogen-bond acceptors (Lipinski definition) is 11. The number of hydrogen-bond donors (Lipinski definition) is 7. The number of aliphatic hydroxyl groups excluding tert-OH is 1. The zero-order valence-electron chi connectivity index (χ0n) is 45.8. The van der Waals surface area contributed by atoms with Crippen LogP contribution >= 0.6 is 7.82 Å². The number of amides is 3. The Labute approximate surface area is 437 Å². The lowest BCUT2D eigenvalue weighted by Gasteiger charge is -2.22. The van der Waals surface area contributed by atoms with Crippen LogP contribution in [0.2, 0.25) is 0 Å². The van der Waals surface area contributed by atoms with Crippen LogP contribution in [0.5, 0.6) is 0 Å². The van der Waals surface area contributed by atoms with Crippen molar-refractivity contribution in [2.45, 2.75) is 295 Å². The van der Waals surface area contributed by atoms with Crippen LogP contribution in [0.25, 0.3) is 0 Å². The first-order chi connectivity index (χ1) is 34.7. The van der Waals surface area contributed by atoms with Crippen molar-refractivity contribution in [3.63, 3.8) is 0 Å². The second-order valence-electron chi connectivity index (χ2n) is 20.2. The second-order valence-corrected chi connectivity index (χ2v) is 21.4. The van der Waals surface area contributed by atoms with E-state index in [4.69, 9.17) is 19.7 Å². The van der Waals surface area contributed by atoms with Crippen molar-refractivity contribution in [1.82, 2.24) is 16.0 Å². The Morgan fingerprint density at radius 3 is 1.50 bits per heavy atom. The van der Waals surface area contributed by atoms with Gasteiger partial charge in [-0.3, -0.25) is 28.5 Å². The summed E-state index contributed by atoms with van der Waals surface area (Å²) in [5, 5.41) is 18.9. The van der Waals surface area contributed by atoms with Gasteiger partial charge < -0.3 is 46.1 Å². The maximum Gasteiger partial charge on any atom is 0.469 e. The van der Waals surface area contributed by atoms with Crippen LogP contribution in [0.3, 0.4) is 0 Å². The maximum atomic E-state index is 13.7. The molecule has 0 saturated heterocycles. The molecule has 2 unspecified atom stereocenters. The molecule has 0 bridgehead atoms. The molecule has 0 aromatic rings. The van der Waals surface area contributed by atoms with Gasteiger partial charge in [0.2, 0.25) is 17.7 Å². The van der Waals surface area contributed by atoms with Crippen molar-refractivity contribution in [3.8, 4) is 0 Å². The van der Waals surface area contributed by atoms with E-state index < -0.39 is 62.4 Å². The lowest BCUT2D eigenvalue weighted by atomic mass is 10.0. The van der Waals surface area contributed by atoms with Crippen LogP contribution in [0.15, 0.2) is 0 Å². The number of nitrogens with one attached hydrogen (secondary N) is 3. The summed E-state index contributed by atoms with van der Waals surface area (Å²) in [6, 6.07) is -1.91. The molecule has 72 heavy (non-hydrogen) atoms. The van der Waals surface area contributed by atoms with E-state index in [-0.39, 0.29) is 64.1 Å². The summed E-state index contributed by atoms with van der Waals surface area (Å²) in [7, 11) is -4.86. The number of rotatable bonds is 53. The van der Waals surface area contributed by atoms with Crippen LogP contribution in [0, 0.1) is 0 Å². The van der Waals surface area contributed by atoms with E-state index >= 15 is 0 Å². The molecule has 0 rings (SSSR count). The molecule has 17 heteroatoms. The standard InChI is InChI=1S/C55H107N4O12P/c1-4-7-10-13-16-19-22-25-29-36-48(60)44-51(61)58-47(46-70-72(66,67)68)35-34-42-57-55(65)50(40-43-69-53(63)38-32-28-33-41-56)59-52(62)45-49(37-30-26-23-20-17-14-11-8-5-2)71-54(64)39-31-27-24-21-18-15-12-9-6-3/h47-50,60H,4-46,56H2,1-3H3,(H,57,65)(H,58,61)(H,59,62)(H2,66,67,68)/t47?,48-,49-,50?/m1/s1. The number of phosphoric acid groups is 1. The van der Waals surface area contributed by atoms with E-state index in [2.05, 4.69) is 36.7 Å². The van der Waals surface area contributed by atoms with Crippen LogP contribution in [-0.4, -0.2) is 95.1 Å². The quantitative estimate of drug-likeness (QED) is 0.0170. The van der Waals surface area contributed by atoms with Crippen molar-refractivity contribution in [2.24, 2.45) is 5.73 Å². The normalized spacial score (nSPS) is 13.3. The van der Waals surface area contributed by atoms with Gasteiger partial charge >= 0.3 is 19.8 Å². The van der Waals surface area contributed by atoms with Gasteiger partial charge in [0.15, 0.2) is 0 Å². The first-order valence-corrected chi connectivity index (χ1v) is 30.6. The third-order valence-electron chi connectivity index (χ3n) is 13.1. The zero-order valence-corrected chi connectivity index (χ0v) is 46.6. The van der Waals surface area contributed by atoms with Gasteiger partial charge in [-0.15, -0.1) is 0 Å². The minimum atomic E-state index is -4.86. The van der Waals surface area contributed by atoms with E-state index in [0.717, 1.165) is 89.9 Å². The molecule has 0 aromatic carbocycles. The minimum Gasteiger partial charge on any atom is -0.466 e. The molecule has 0 radical (unpaired) electrons. The molecular weight excluding hydrogens is 940 g/mol. The van der Waals surface area contributed by atoms with Crippen LogP contribution in [0.1, 0.15) is 271 Å². The molecule has 0 spiro atoms. The van der Waals surface area contributed by atoms with E-state index in [0.29, 0.717) is 25.8 Å². The first kappa shape index (κ1) is 69.4. The molecule has 8 N–H and O–H groups in total. The highest BCUT2D eigenvalue weighted by molar-refractivity contribution is 7.46. The van der Waals surface area contributed by atoms with Crippen LogP contribution < -0.4 is 21.7 Å². The Kier molecular flexibility index (Phi) is 47.5. The fourth-order valence-electron chi connectivity index (χ4n) is 8.75. The molecule has 0 aromatic heterocycles. The van der Waals surface area contributed by atoms with E-state index in [9.17, 15) is 43.4 Å². The summed E-state index contributed by atoms with van der Waals surface area (Å²) >= 11 is 0. The smallest absolute Gasteiger partial charge is 0.466 e. The number of phosphoric ester groups is 1. The number of carbonyl (C=O) groups excluding carboxylic acids is 5. The van der Waals surface area contributed by atoms with Crippen molar-refractivity contribution in [2.75, 3.05) is 26.3 Å². The highest BCUT2D eigenvalue weighted by Gasteiger charge is 2.26. The fourth-order valence-corrected chi connectivity index (χ4v) is 9.13. The van der Waals surface area contributed by atoms with E-state index in [1.165, 1.54) is 96.3 Å². The minimum absolute atomic E-state index is 0.0103. The summed E-state index contributed by atoms with van der Waals surface area (Å²) in [4.78, 5) is 84.6. The van der Waals surface area contributed by atoms with Gasteiger partial charge in [-0.25, -0.2) is 4.57 Å². The van der Waals surface area contributed by atoms with Crippen molar-refractivity contribution in [3.05, 3.63) is 0 Å². The Morgan fingerprint density at radius 1 is 0.528 bits per heavy atom. The highest BCUT2D eigenvalue weighted by atomic mass is 31.2. The summed E-state index contributed by atoms with van der Waals surface area (Å²) in [5.74, 6) is -2.24. The number of nitrogens with two attached hydrogens (primary N) is 1. The molecule has 16 nitrogen and oxygen atoms in total. The molecule has 3 amide bonds. The molecule has 0 heterocycles. The Morgan fingerprint density at radius 2 is 0.986 bits per heavy atom. The number of ether oxygens (including phenoxy) is 2. The van der Waals surface area contributed by atoms with Crippen molar-refractivity contribution in [1.29, 1.82) is 0 Å². The molecule has 424 valence electrons. The zero-order chi connectivity index (χ0) is 53.3. The Hall–Kier alpha value is -2.62. The molecule has 4 atom stereocenters. The predicted octanol–water partition coefficient (Wildman–Crippen LogP) is 11.2. The van der Waals surface area contributed by atoms with Gasteiger partial charge in [0.05, 0.1) is 38.2 Å². The first-order valence-electron chi connectivity index (χ1n) is 29.0. The number of aliphatic hydroxyl groups is 1. The summed E-state index contributed by atoms with van der Waals surface area (Å²) < 4.78 is 27.7. The van der Waals surface area contributed by atoms with Gasteiger partial charge in [0, 0.05) is 25.8 Å². The number of unbranched alkanes of at least 4 members (excludes halogenated alkanes) is 26. The lowest BCUT2D eigenvalue weighted by molar-refractivity contribution is -0.151. The average Bonchev–Trinajstić information content (AvgIpc) is 3.33. The van der Waals surface area contributed by atoms with Crippen LogP contribution in [0.4, 0.5) is 0 Å². The predicted molar refractivity (Wildman–Crippen MR) is 288 cm³/mol. The third-order valence-corrected chi connectivity index (χ3v) is 13.6. The largest absolute Gasteiger partial charge is 0.469 e. The summed E-state index contributed by atoms with van der Waals surface area (Å²) in [5.41, 5.74) is 5.57. The molecule has 0 saturated carbocycles. The maximum absolute atomic E-state index is 13.7. The number of carbonyl (C=O) groups is 5. The van der Waals surface area contributed by atoms with Crippen molar-refractivity contribution >= 4 is 37.5 Å². The lowest BCUT2D eigenvalue weighted by Crippen LogP contribution is -2.48. The Balaban J connectivity index is 5.59. The van der Waals surface area contributed by atoms with E-state index in [1.807, 2.05) is 0 Å². The highest BCUT2D eigenvalue weighted by Crippen LogP contribution is 2.36. The second kappa shape index (κ2) is 49.3. The summed E-state index contributed by atoms with van der Waals surface area (Å²) in [6.45, 7) is 6.61. The third kappa shape index (κ3) is 47.1. The molecule has 0 aliphatic carbocycles. The SMILES string of the molecule is CCCCCCCCCCCC(=O)O[C@H](CCCCCCCCCCC)CC(=O)NC(CCOC(=O)CCCCCN)C(=O)NCCCC(COP(=O)(O)O)NC(=O)C[C@H](O)CCCCCCCCCCC. The molecule has 0 fully saturated rings. The van der Waals surface area contributed by atoms with Gasteiger partial charge in [-0.2, -0.15) is 0 Å². The average molecular weight is 1050 g/mol. The Bertz CT molecular complexity index is 1390. The fraction of sp³-hybridized carbons (Fsp3) is 0.909.